The van der Waals surface area contributed by atoms with Crippen molar-refractivity contribution < 1.29 is 24.0 Å². The second kappa shape index (κ2) is 10.3. The fourth-order valence-electron chi connectivity index (χ4n) is 3.51. The molecule has 1 atom stereocenters. The highest BCUT2D eigenvalue weighted by Gasteiger charge is 2.17. The monoisotopic (exact) mass is 465 g/mol. The number of aryl methyl sites for hydroxylation is 1. The van der Waals surface area contributed by atoms with Crippen LogP contribution in [0, 0.1) is 6.92 Å². The molecule has 1 unspecified atom stereocenters. The van der Waals surface area contributed by atoms with Crippen molar-refractivity contribution in [1.29, 1.82) is 0 Å². The first-order valence-corrected chi connectivity index (χ1v) is 10.8. The Morgan fingerprint density at radius 3 is 2.53 bits per heavy atom. The SMILES string of the molecule is CC(=O)O.Cc1cc(C=NN(c2ccc3oc4ccccc4c3c2)C(C)CO)[n+](C)c(=O)n1C. The van der Waals surface area contributed by atoms with Gasteiger partial charge in [-0.25, -0.2) is 0 Å². The van der Waals surface area contributed by atoms with E-state index in [1.807, 2.05) is 62.4 Å². The van der Waals surface area contributed by atoms with E-state index >= 15 is 0 Å². The number of hydrogen-bond donors (Lipinski definition) is 2. The van der Waals surface area contributed by atoms with Gasteiger partial charge in [-0.15, -0.1) is 0 Å². The highest BCUT2D eigenvalue weighted by atomic mass is 16.4. The van der Waals surface area contributed by atoms with Gasteiger partial charge in [-0.1, -0.05) is 18.2 Å². The molecule has 0 amide bonds. The van der Waals surface area contributed by atoms with Gasteiger partial charge in [0, 0.05) is 23.8 Å². The van der Waals surface area contributed by atoms with Crippen LogP contribution in [0.2, 0.25) is 0 Å². The number of hydrogen-bond acceptors (Lipinski definition) is 6. The van der Waals surface area contributed by atoms with Gasteiger partial charge in [0.25, 0.3) is 5.97 Å². The van der Waals surface area contributed by atoms with Crippen molar-refractivity contribution in [3.05, 3.63) is 70.4 Å². The average molecular weight is 466 g/mol. The highest BCUT2D eigenvalue weighted by Crippen LogP contribution is 2.32. The lowest BCUT2D eigenvalue weighted by atomic mass is 10.1. The topological polar surface area (TPSA) is 112 Å². The van der Waals surface area contributed by atoms with Crippen LogP contribution >= 0.6 is 0 Å². The summed E-state index contributed by atoms with van der Waals surface area (Å²) in [5.74, 6) is -0.833. The minimum absolute atomic E-state index is 0.0663. The summed E-state index contributed by atoms with van der Waals surface area (Å²) in [6.07, 6.45) is 1.65. The van der Waals surface area contributed by atoms with Crippen LogP contribution in [0.15, 0.2) is 62.8 Å². The third-order valence-corrected chi connectivity index (χ3v) is 5.47. The number of fused-ring (bicyclic) bond motifs is 3. The Hall–Kier alpha value is -3.98. The maximum atomic E-state index is 12.4. The van der Waals surface area contributed by atoms with Gasteiger partial charge >= 0.3 is 5.69 Å². The van der Waals surface area contributed by atoms with Crippen molar-refractivity contribution in [2.24, 2.45) is 19.2 Å². The molecule has 2 N–H and O–H groups in total. The van der Waals surface area contributed by atoms with Crippen LogP contribution in [-0.2, 0) is 18.9 Å². The zero-order valence-corrected chi connectivity index (χ0v) is 19.9. The fourth-order valence-corrected chi connectivity index (χ4v) is 3.51. The van der Waals surface area contributed by atoms with Crippen molar-refractivity contribution in [1.82, 2.24) is 4.57 Å². The Kier molecular flexibility index (Phi) is 7.47. The van der Waals surface area contributed by atoms with Crippen LogP contribution in [-0.4, -0.2) is 39.6 Å². The van der Waals surface area contributed by atoms with Crippen molar-refractivity contribution in [2.75, 3.05) is 11.6 Å². The van der Waals surface area contributed by atoms with E-state index in [1.165, 1.54) is 0 Å². The lowest BCUT2D eigenvalue weighted by Crippen LogP contribution is -2.54. The molecule has 0 fully saturated rings. The fraction of sp³-hybridized carbons (Fsp3) is 0.280. The van der Waals surface area contributed by atoms with Crippen molar-refractivity contribution in [3.63, 3.8) is 0 Å². The highest BCUT2D eigenvalue weighted by molar-refractivity contribution is 6.06. The number of rotatable bonds is 5. The molecule has 0 aliphatic rings. The number of carbonyl (C=O) groups is 1. The molecule has 34 heavy (non-hydrogen) atoms. The van der Waals surface area contributed by atoms with Gasteiger partial charge < -0.3 is 14.6 Å². The predicted molar refractivity (Wildman–Crippen MR) is 131 cm³/mol. The molecule has 4 aromatic rings. The van der Waals surface area contributed by atoms with E-state index in [2.05, 4.69) is 5.10 Å². The standard InChI is InChI=1S/C23H25N4O3.C2H4O2/c1-15-11-18(26(4)23(29)25(15)3)13-24-27(16(2)14-28)17-9-10-22-20(12-17)19-7-5-6-8-21(19)30-22;1-2(3)4/h5-13,16,28H,14H2,1-4H3;1H3,(H,3,4)/q+1;. The molecule has 0 bridgehead atoms. The maximum Gasteiger partial charge on any atom is 0.498 e. The van der Waals surface area contributed by atoms with Gasteiger partial charge in [-0.3, -0.25) is 9.80 Å². The normalized spacial score (nSPS) is 12.1. The maximum absolute atomic E-state index is 12.4. The smallest absolute Gasteiger partial charge is 0.481 e. The molecule has 2 aromatic carbocycles. The Morgan fingerprint density at radius 2 is 1.85 bits per heavy atom. The number of aliphatic hydroxyl groups is 1. The van der Waals surface area contributed by atoms with E-state index < -0.39 is 5.97 Å². The van der Waals surface area contributed by atoms with Crippen LogP contribution in [0.3, 0.4) is 0 Å². The van der Waals surface area contributed by atoms with Gasteiger partial charge in [-0.05, 0) is 38.1 Å². The van der Waals surface area contributed by atoms with E-state index in [0.29, 0.717) is 5.69 Å². The summed E-state index contributed by atoms with van der Waals surface area (Å²) >= 11 is 0. The molecule has 2 heterocycles. The second-order valence-corrected chi connectivity index (χ2v) is 8.03. The first kappa shape index (κ1) is 24.7. The lowest BCUT2D eigenvalue weighted by molar-refractivity contribution is -0.691. The summed E-state index contributed by atoms with van der Waals surface area (Å²) in [4.78, 5) is 21.4. The minimum atomic E-state index is -0.833. The summed E-state index contributed by atoms with van der Waals surface area (Å²) in [5.41, 5.74) is 3.86. The van der Waals surface area contributed by atoms with E-state index in [4.69, 9.17) is 14.3 Å². The number of benzene rings is 2. The number of aliphatic carboxylic acids is 1. The van der Waals surface area contributed by atoms with Crippen molar-refractivity contribution >= 4 is 39.8 Å². The number of carboxylic acids is 1. The van der Waals surface area contributed by atoms with Crippen LogP contribution in [0.25, 0.3) is 21.9 Å². The molecule has 0 aliphatic carbocycles. The van der Waals surface area contributed by atoms with Crippen molar-refractivity contribution in [3.8, 4) is 0 Å². The Labute approximate surface area is 196 Å². The number of anilines is 1. The predicted octanol–water partition coefficient (Wildman–Crippen LogP) is 2.73. The van der Waals surface area contributed by atoms with Gasteiger partial charge in [0.1, 0.15) is 16.9 Å². The molecule has 2 aromatic heterocycles. The summed E-state index contributed by atoms with van der Waals surface area (Å²) in [5, 5.41) is 25.6. The van der Waals surface area contributed by atoms with Gasteiger partial charge in [0.05, 0.1) is 38.6 Å². The number of carboxylic acid groups (broad SMARTS) is 1. The summed E-state index contributed by atoms with van der Waals surface area (Å²) in [7, 11) is 3.45. The number of furan rings is 1. The molecule has 4 rings (SSSR count). The van der Waals surface area contributed by atoms with Crippen LogP contribution in [0.5, 0.6) is 0 Å². The number of hydrazone groups is 1. The van der Waals surface area contributed by atoms with Crippen molar-refractivity contribution in [2.45, 2.75) is 26.8 Å². The van der Waals surface area contributed by atoms with Crippen LogP contribution in [0.4, 0.5) is 5.69 Å². The summed E-state index contributed by atoms with van der Waals surface area (Å²) in [6.45, 7) is 4.79. The largest absolute Gasteiger partial charge is 0.498 e. The van der Waals surface area contributed by atoms with Gasteiger partial charge in [-0.2, -0.15) is 19.0 Å². The molecule has 9 nitrogen and oxygen atoms in total. The molecule has 0 aliphatic heterocycles. The lowest BCUT2D eigenvalue weighted by Gasteiger charge is -2.24. The van der Waals surface area contributed by atoms with E-state index in [9.17, 15) is 9.90 Å². The number of aliphatic hydroxyl groups excluding tert-OH is 1. The molecule has 178 valence electrons. The Bertz CT molecular complexity index is 1420. The van der Waals surface area contributed by atoms with E-state index in [1.54, 1.807) is 34.5 Å². The van der Waals surface area contributed by atoms with E-state index in [0.717, 1.165) is 40.2 Å². The number of nitrogens with zero attached hydrogens (tertiary/aromatic N) is 4. The van der Waals surface area contributed by atoms with Gasteiger partial charge in [0.2, 0.25) is 0 Å². The minimum Gasteiger partial charge on any atom is -0.481 e. The molecule has 0 radical (unpaired) electrons. The Balaban J connectivity index is 0.000000751. The molecule has 0 saturated heterocycles. The Morgan fingerprint density at radius 1 is 1.21 bits per heavy atom. The second-order valence-electron chi connectivity index (χ2n) is 8.03. The molecule has 0 saturated carbocycles. The van der Waals surface area contributed by atoms with Gasteiger partial charge in [0.15, 0.2) is 5.69 Å². The van der Waals surface area contributed by atoms with Crippen LogP contribution < -0.4 is 15.3 Å². The quantitative estimate of drug-likeness (QED) is 0.266. The molecule has 0 spiro atoms. The number of para-hydroxylation sites is 1. The zero-order chi connectivity index (χ0) is 25.0. The molecular formula is C25H29N4O5+. The first-order chi connectivity index (χ1) is 16.1. The summed E-state index contributed by atoms with van der Waals surface area (Å²) < 4.78 is 9.04. The van der Waals surface area contributed by atoms with E-state index in [-0.39, 0.29) is 18.3 Å². The van der Waals surface area contributed by atoms with Crippen LogP contribution in [0.1, 0.15) is 25.2 Å². The molecular weight excluding hydrogens is 436 g/mol. The zero-order valence-electron chi connectivity index (χ0n) is 19.9. The third-order valence-electron chi connectivity index (χ3n) is 5.47. The number of aromatic nitrogens is 2. The first-order valence-electron chi connectivity index (χ1n) is 10.8. The molecule has 9 heteroatoms. The summed E-state index contributed by atoms with van der Waals surface area (Å²) in [6, 6.07) is 15.4. The average Bonchev–Trinajstić information content (AvgIpc) is 3.18. The third kappa shape index (κ3) is 5.15.